The first-order valence-electron chi connectivity index (χ1n) is 8.93. The van der Waals surface area contributed by atoms with Crippen molar-refractivity contribution >= 4 is 32.6 Å². The van der Waals surface area contributed by atoms with Crippen LogP contribution in [0.15, 0.2) is 12.7 Å². The number of anilines is 1. The van der Waals surface area contributed by atoms with Gasteiger partial charge in [-0.3, -0.25) is 13.6 Å². The van der Waals surface area contributed by atoms with Gasteiger partial charge in [0.25, 0.3) is 0 Å². The van der Waals surface area contributed by atoms with Crippen molar-refractivity contribution < 1.29 is 46.5 Å². The van der Waals surface area contributed by atoms with E-state index in [9.17, 15) is 18.9 Å². The minimum atomic E-state index is -4.95. The molecule has 172 valence electrons. The van der Waals surface area contributed by atoms with Crippen molar-refractivity contribution in [2.75, 3.05) is 19.5 Å². The van der Waals surface area contributed by atoms with Gasteiger partial charge < -0.3 is 29.7 Å². The lowest BCUT2D eigenvalue weighted by molar-refractivity contribution is -0.199. The van der Waals surface area contributed by atoms with Crippen molar-refractivity contribution in [2.45, 2.75) is 44.2 Å². The summed E-state index contributed by atoms with van der Waals surface area (Å²) >= 11 is 0. The lowest BCUT2D eigenvalue weighted by Crippen LogP contribution is -2.32. The molecule has 0 amide bonds. The van der Waals surface area contributed by atoms with E-state index >= 15 is 0 Å². The van der Waals surface area contributed by atoms with Gasteiger partial charge in [-0.2, -0.15) is 4.31 Å². The van der Waals surface area contributed by atoms with E-state index in [1.807, 2.05) is 0 Å². The van der Waals surface area contributed by atoms with Gasteiger partial charge in [0.2, 0.25) is 0 Å². The van der Waals surface area contributed by atoms with Crippen LogP contribution >= 0.6 is 15.6 Å². The number of nitrogens with two attached hydrogens (primary N) is 1. The fraction of sp³-hybridized carbons (Fsp3) is 0.643. The number of ether oxygens (including phenoxy) is 3. The summed E-state index contributed by atoms with van der Waals surface area (Å²) in [6, 6.07) is 0. The van der Waals surface area contributed by atoms with Crippen molar-refractivity contribution in [1.82, 2.24) is 19.5 Å². The maximum Gasteiger partial charge on any atom is 0.481 e. The molecule has 0 radical (unpaired) electrons. The molecule has 2 fully saturated rings. The molecule has 4 N–H and O–H groups in total. The second-order valence-corrected chi connectivity index (χ2v) is 10.4. The number of imidazole rings is 1. The maximum absolute atomic E-state index is 12.0. The normalized spacial score (nSPS) is 31.4. The first-order chi connectivity index (χ1) is 14.4. The summed E-state index contributed by atoms with van der Waals surface area (Å²) < 4.78 is 55.9. The molecule has 4 rings (SSSR count). The Labute approximate surface area is 175 Å². The molecule has 0 aromatic carbocycles. The van der Waals surface area contributed by atoms with Crippen LogP contribution in [-0.2, 0) is 36.7 Å². The highest BCUT2D eigenvalue weighted by Crippen LogP contribution is 2.60. The molecule has 4 heterocycles. The molecule has 2 aromatic heterocycles. The summed E-state index contributed by atoms with van der Waals surface area (Å²) in [5, 5.41) is 0. The minimum Gasteiger partial charge on any atom is -0.382 e. The summed E-state index contributed by atoms with van der Waals surface area (Å²) in [5.41, 5.74) is 6.59. The second kappa shape index (κ2) is 7.81. The number of phosphoric acid groups is 2. The molecule has 0 aliphatic carbocycles. The summed E-state index contributed by atoms with van der Waals surface area (Å²) in [4.78, 5) is 31.3. The molecular formula is C14H21N5O10P2. The Morgan fingerprint density at radius 2 is 1.90 bits per heavy atom. The van der Waals surface area contributed by atoms with Crippen molar-refractivity contribution in [2.24, 2.45) is 0 Å². The quantitative estimate of drug-likeness (QED) is 0.467. The van der Waals surface area contributed by atoms with E-state index in [1.54, 1.807) is 18.4 Å². The lowest BCUT2D eigenvalue weighted by atomic mass is 10.1. The highest BCUT2D eigenvalue weighted by Gasteiger charge is 2.56. The zero-order valence-electron chi connectivity index (χ0n) is 16.6. The van der Waals surface area contributed by atoms with Crippen molar-refractivity contribution in [3.63, 3.8) is 0 Å². The second-order valence-electron chi connectivity index (χ2n) is 7.21. The van der Waals surface area contributed by atoms with E-state index in [0.717, 1.165) is 7.11 Å². The fourth-order valence-corrected chi connectivity index (χ4v) is 5.26. The van der Waals surface area contributed by atoms with Crippen molar-refractivity contribution in [1.29, 1.82) is 0 Å². The predicted octanol–water partition coefficient (Wildman–Crippen LogP) is 0.706. The molecular weight excluding hydrogens is 460 g/mol. The number of fused-ring (bicyclic) bond motifs is 2. The molecule has 0 spiro atoms. The zero-order chi connectivity index (χ0) is 22.6. The lowest BCUT2D eigenvalue weighted by Gasteiger charge is -2.25. The molecule has 0 saturated carbocycles. The van der Waals surface area contributed by atoms with Gasteiger partial charge in [0.1, 0.15) is 30.2 Å². The SMILES string of the molecule is COP(=O)(O)OP(=O)(O)OCC1OC(n2cnc3c(N)ncnc32)C2OC(C)(C)OC12. The van der Waals surface area contributed by atoms with Crippen LogP contribution in [0.1, 0.15) is 20.1 Å². The number of nitrogen functional groups attached to an aromatic ring is 1. The highest BCUT2D eigenvalue weighted by atomic mass is 31.3. The predicted molar refractivity (Wildman–Crippen MR) is 101 cm³/mol. The zero-order valence-corrected chi connectivity index (χ0v) is 18.4. The van der Waals surface area contributed by atoms with E-state index in [4.69, 9.17) is 24.5 Å². The van der Waals surface area contributed by atoms with Gasteiger partial charge in [-0.15, -0.1) is 0 Å². The number of hydrogen-bond donors (Lipinski definition) is 3. The monoisotopic (exact) mass is 481 g/mol. The largest absolute Gasteiger partial charge is 0.481 e. The van der Waals surface area contributed by atoms with Crippen LogP contribution in [0.25, 0.3) is 11.2 Å². The fourth-order valence-electron chi connectivity index (χ4n) is 3.43. The summed E-state index contributed by atoms with van der Waals surface area (Å²) in [6.45, 7) is 2.89. The third-order valence-corrected chi connectivity index (χ3v) is 7.21. The first kappa shape index (κ1) is 22.7. The van der Waals surface area contributed by atoms with Crippen LogP contribution in [0.3, 0.4) is 0 Å². The molecule has 17 heteroatoms. The van der Waals surface area contributed by atoms with Crippen LogP contribution in [0.5, 0.6) is 0 Å². The van der Waals surface area contributed by atoms with Gasteiger partial charge in [-0.1, -0.05) is 0 Å². The molecule has 6 atom stereocenters. The smallest absolute Gasteiger partial charge is 0.382 e. The molecule has 2 aliphatic heterocycles. The molecule has 2 saturated heterocycles. The molecule has 6 unspecified atom stereocenters. The van der Waals surface area contributed by atoms with Crippen LogP contribution in [0, 0.1) is 0 Å². The van der Waals surface area contributed by atoms with Crippen LogP contribution < -0.4 is 5.73 Å². The third kappa shape index (κ3) is 4.52. The number of hydrogen-bond acceptors (Lipinski definition) is 12. The number of rotatable bonds is 7. The van der Waals surface area contributed by atoms with Gasteiger partial charge in [-0.05, 0) is 13.8 Å². The third-order valence-electron chi connectivity index (χ3n) is 4.63. The topological polar surface area (TPSA) is 200 Å². The minimum absolute atomic E-state index is 0.187. The van der Waals surface area contributed by atoms with Crippen LogP contribution in [0.4, 0.5) is 5.82 Å². The van der Waals surface area contributed by atoms with Gasteiger partial charge in [0.05, 0.1) is 12.9 Å². The van der Waals surface area contributed by atoms with Crippen molar-refractivity contribution in [3.8, 4) is 0 Å². The average molecular weight is 481 g/mol. The molecule has 2 aliphatic rings. The van der Waals surface area contributed by atoms with E-state index in [2.05, 4.69) is 23.8 Å². The summed E-state index contributed by atoms with van der Waals surface area (Å²) in [6.07, 6.45) is -0.323. The molecule has 0 bridgehead atoms. The Bertz CT molecular complexity index is 1080. The summed E-state index contributed by atoms with van der Waals surface area (Å²) in [5.74, 6) is -0.789. The van der Waals surface area contributed by atoms with Crippen molar-refractivity contribution in [3.05, 3.63) is 12.7 Å². The Hall–Kier alpha value is -1.51. The van der Waals surface area contributed by atoms with E-state index in [-0.39, 0.29) is 5.82 Å². The van der Waals surface area contributed by atoms with E-state index < -0.39 is 52.6 Å². The Morgan fingerprint density at radius 3 is 2.61 bits per heavy atom. The molecule has 15 nitrogen and oxygen atoms in total. The Morgan fingerprint density at radius 1 is 1.19 bits per heavy atom. The Balaban J connectivity index is 1.57. The van der Waals surface area contributed by atoms with E-state index in [1.165, 1.54) is 12.7 Å². The van der Waals surface area contributed by atoms with Gasteiger partial charge in [0.15, 0.2) is 23.5 Å². The van der Waals surface area contributed by atoms with E-state index in [0.29, 0.717) is 11.2 Å². The van der Waals surface area contributed by atoms with Gasteiger partial charge in [0, 0.05) is 7.11 Å². The van der Waals surface area contributed by atoms with Gasteiger partial charge in [-0.25, -0.2) is 24.1 Å². The highest BCUT2D eigenvalue weighted by molar-refractivity contribution is 7.61. The standard InChI is InChI=1S/C14H21N5O10P2/c1-14(2)27-9-7(4-25-31(22,23)29-30(20,21)24-3)26-13(10(9)28-14)19-6-18-8-11(15)16-5-17-12(8)19/h5-7,9-10,13H,4H2,1-3H3,(H,20,21)(H,22,23)(H2,15,16,17). The van der Waals surface area contributed by atoms with Crippen LogP contribution in [0.2, 0.25) is 0 Å². The average Bonchev–Trinajstić information content (AvgIpc) is 3.31. The first-order valence-corrected chi connectivity index (χ1v) is 11.9. The number of aromatic nitrogens is 4. The Kier molecular flexibility index (Phi) is 5.72. The van der Waals surface area contributed by atoms with Crippen LogP contribution in [-0.4, -0.2) is 67.1 Å². The number of nitrogens with zero attached hydrogens (tertiary/aromatic N) is 4. The maximum atomic E-state index is 12.0. The van der Waals surface area contributed by atoms with Gasteiger partial charge >= 0.3 is 15.6 Å². The molecule has 2 aromatic rings. The number of phosphoric ester groups is 2. The molecule has 31 heavy (non-hydrogen) atoms. The summed E-state index contributed by atoms with van der Waals surface area (Å²) in [7, 11) is -8.86.